The quantitative estimate of drug-likeness (QED) is 0.504. The van der Waals surface area contributed by atoms with E-state index >= 15 is 0 Å². The second-order valence-electron chi connectivity index (χ2n) is 3.78. The lowest BCUT2D eigenvalue weighted by atomic mass is 10.4. The second-order valence-corrected chi connectivity index (χ2v) is 7.49. The van der Waals surface area contributed by atoms with Crippen LogP contribution in [0.1, 0.15) is 6.42 Å². The molecule has 0 fully saturated rings. The van der Waals surface area contributed by atoms with Gasteiger partial charge in [-0.1, -0.05) is 11.6 Å². The summed E-state index contributed by atoms with van der Waals surface area (Å²) in [6, 6.07) is 2.31. The Morgan fingerprint density at radius 3 is 2.43 bits per heavy atom. The van der Waals surface area contributed by atoms with Crippen molar-refractivity contribution in [3.05, 3.63) is 16.5 Å². The molecule has 11 heteroatoms. The van der Waals surface area contributed by atoms with Gasteiger partial charge in [0.2, 0.25) is 10.0 Å². The highest BCUT2D eigenvalue weighted by Gasteiger charge is 2.15. The zero-order valence-electron chi connectivity index (χ0n) is 10.8. The number of carbonyl (C=O) groups excluding carboxylic acids is 1. The van der Waals surface area contributed by atoms with Crippen molar-refractivity contribution >= 4 is 45.0 Å². The van der Waals surface area contributed by atoms with Gasteiger partial charge in [0, 0.05) is 19.6 Å². The van der Waals surface area contributed by atoms with Crippen LogP contribution in [0, 0.1) is 0 Å². The van der Waals surface area contributed by atoms with Gasteiger partial charge in [0.25, 0.3) is 0 Å². The number of carboxylic acid groups (broad SMARTS) is 1. The van der Waals surface area contributed by atoms with E-state index in [0.29, 0.717) is 4.34 Å². The Balaban J connectivity index is 2.24. The summed E-state index contributed by atoms with van der Waals surface area (Å²) >= 11 is 6.59. The Kier molecular flexibility index (Phi) is 6.89. The summed E-state index contributed by atoms with van der Waals surface area (Å²) in [5.74, 6) is -1.02. The van der Waals surface area contributed by atoms with E-state index in [0.717, 1.165) is 11.3 Å². The summed E-state index contributed by atoms with van der Waals surface area (Å²) in [7, 11) is -3.63. The molecule has 4 N–H and O–H groups in total. The number of carboxylic acids is 1. The molecule has 0 aliphatic rings. The maximum absolute atomic E-state index is 11.8. The molecule has 0 bridgehead atoms. The third-order valence-corrected chi connectivity index (χ3v) is 5.32. The SMILES string of the molecule is O=C(O)CCNC(=O)NCCNS(=O)(=O)c1ccc(Cl)s1. The minimum absolute atomic E-state index is 0.000584. The van der Waals surface area contributed by atoms with E-state index in [4.69, 9.17) is 16.7 Å². The number of nitrogens with one attached hydrogen (secondary N) is 3. The van der Waals surface area contributed by atoms with Crippen LogP contribution >= 0.6 is 22.9 Å². The summed E-state index contributed by atoms with van der Waals surface area (Å²) in [5, 5.41) is 13.1. The summed E-state index contributed by atoms with van der Waals surface area (Å²) in [6.45, 7) is 0.0715. The predicted octanol–water partition coefficient (Wildman–Crippen LogP) is 0.454. The highest BCUT2D eigenvalue weighted by molar-refractivity contribution is 7.91. The van der Waals surface area contributed by atoms with Crippen molar-refractivity contribution in [3.63, 3.8) is 0 Å². The minimum atomic E-state index is -3.63. The van der Waals surface area contributed by atoms with Gasteiger partial charge in [0.05, 0.1) is 10.8 Å². The van der Waals surface area contributed by atoms with E-state index in [1.807, 2.05) is 0 Å². The number of aliphatic carboxylic acids is 1. The normalized spacial score (nSPS) is 11.1. The number of hydrogen-bond acceptors (Lipinski definition) is 5. The van der Waals surface area contributed by atoms with Crippen LogP contribution in [0.25, 0.3) is 0 Å². The van der Waals surface area contributed by atoms with Crippen LogP contribution in [0.3, 0.4) is 0 Å². The van der Waals surface area contributed by atoms with Gasteiger partial charge in [0.1, 0.15) is 4.21 Å². The van der Waals surface area contributed by atoms with E-state index in [2.05, 4.69) is 15.4 Å². The third-order valence-electron chi connectivity index (χ3n) is 2.14. The molecule has 0 spiro atoms. The van der Waals surface area contributed by atoms with Crippen molar-refractivity contribution in [3.8, 4) is 0 Å². The van der Waals surface area contributed by atoms with Gasteiger partial charge in [-0.05, 0) is 12.1 Å². The molecule has 1 aromatic rings. The molecule has 0 aromatic carbocycles. The first-order valence-corrected chi connectivity index (χ1v) is 8.47. The number of carbonyl (C=O) groups is 2. The molecule has 0 aliphatic heterocycles. The summed E-state index contributed by atoms with van der Waals surface area (Å²) in [6.07, 6.45) is -0.181. The molecule has 1 heterocycles. The second kappa shape index (κ2) is 8.17. The zero-order chi connectivity index (χ0) is 15.9. The lowest BCUT2D eigenvalue weighted by molar-refractivity contribution is -0.136. The molecule has 21 heavy (non-hydrogen) atoms. The van der Waals surface area contributed by atoms with Gasteiger partial charge in [0.15, 0.2) is 0 Å². The summed E-state index contributed by atoms with van der Waals surface area (Å²) in [5.41, 5.74) is 0. The van der Waals surface area contributed by atoms with Crippen LogP contribution in [0.4, 0.5) is 4.79 Å². The van der Waals surface area contributed by atoms with E-state index in [9.17, 15) is 18.0 Å². The average molecular weight is 356 g/mol. The number of urea groups is 1. The Bertz CT molecular complexity index is 602. The molecule has 0 saturated heterocycles. The van der Waals surface area contributed by atoms with Crippen LogP contribution in [-0.2, 0) is 14.8 Å². The first-order valence-electron chi connectivity index (χ1n) is 5.80. The van der Waals surface area contributed by atoms with Crippen molar-refractivity contribution in [2.75, 3.05) is 19.6 Å². The van der Waals surface area contributed by atoms with E-state index in [-0.39, 0.29) is 30.3 Å². The summed E-state index contributed by atoms with van der Waals surface area (Å²) < 4.78 is 26.3. The molecule has 0 saturated carbocycles. The monoisotopic (exact) mass is 355 g/mol. The Morgan fingerprint density at radius 1 is 1.19 bits per heavy atom. The van der Waals surface area contributed by atoms with Crippen molar-refractivity contribution in [2.24, 2.45) is 0 Å². The van der Waals surface area contributed by atoms with E-state index < -0.39 is 22.0 Å². The number of thiophene rings is 1. The maximum atomic E-state index is 11.8. The molecule has 0 aliphatic carbocycles. The lowest BCUT2D eigenvalue weighted by Gasteiger charge is -2.07. The first kappa shape index (κ1) is 17.7. The van der Waals surface area contributed by atoms with Crippen molar-refractivity contribution in [2.45, 2.75) is 10.6 Å². The van der Waals surface area contributed by atoms with Crippen LogP contribution in [0.5, 0.6) is 0 Å². The molecule has 1 aromatic heterocycles. The van der Waals surface area contributed by atoms with Crippen LogP contribution in [0.15, 0.2) is 16.3 Å². The molecule has 2 amide bonds. The zero-order valence-corrected chi connectivity index (χ0v) is 13.1. The fraction of sp³-hybridized carbons (Fsp3) is 0.400. The average Bonchev–Trinajstić information content (AvgIpc) is 2.82. The first-order chi connectivity index (χ1) is 9.81. The molecule has 1 rings (SSSR count). The Hall–Kier alpha value is -1.36. The van der Waals surface area contributed by atoms with Crippen LogP contribution in [-0.4, -0.2) is 45.2 Å². The van der Waals surface area contributed by atoms with E-state index in [1.54, 1.807) is 0 Å². The van der Waals surface area contributed by atoms with Gasteiger partial charge < -0.3 is 15.7 Å². The molecular weight excluding hydrogens is 342 g/mol. The topological polar surface area (TPSA) is 125 Å². The van der Waals surface area contributed by atoms with Gasteiger partial charge >= 0.3 is 12.0 Å². The predicted molar refractivity (Wildman–Crippen MR) is 78.2 cm³/mol. The smallest absolute Gasteiger partial charge is 0.314 e. The largest absolute Gasteiger partial charge is 0.481 e. The fourth-order valence-corrected chi connectivity index (χ4v) is 3.78. The van der Waals surface area contributed by atoms with Gasteiger partial charge in [-0.2, -0.15) is 0 Å². The highest BCUT2D eigenvalue weighted by Crippen LogP contribution is 2.24. The fourth-order valence-electron chi connectivity index (χ4n) is 1.22. The van der Waals surface area contributed by atoms with Crippen LogP contribution < -0.4 is 15.4 Å². The Labute approximate surface area is 130 Å². The van der Waals surface area contributed by atoms with E-state index in [1.165, 1.54) is 12.1 Å². The summed E-state index contributed by atoms with van der Waals surface area (Å²) in [4.78, 5) is 21.4. The van der Waals surface area contributed by atoms with Crippen molar-refractivity contribution < 1.29 is 23.1 Å². The Morgan fingerprint density at radius 2 is 1.86 bits per heavy atom. The molecule has 118 valence electrons. The molecule has 0 unspecified atom stereocenters. The van der Waals surface area contributed by atoms with Gasteiger partial charge in [-0.3, -0.25) is 4.79 Å². The molecule has 8 nitrogen and oxygen atoms in total. The molecule has 0 atom stereocenters. The maximum Gasteiger partial charge on any atom is 0.314 e. The van der Waals surface area contributed by atoms with Gasteiger partial charge in [-0.25, -0.2) is 17.9 Å². The number of rotatable bonds is 8. The number of amides is 2. The molecule has 0 radical (unpaired) electrons. The highest BCUT2D eigenvalue weighted by atomic mass is 35.5. The number of halogens is 1. The van der Waals surface area contributed by atoms with Crippen molar-refractivity contribution in [1.82, 2.24) is 15.4 Å². The van der Waals surface area contributed by atoms with Crippen molar-refractivity contribution in [1.29, 1.82) is 0 Å². The van der Waals surface area contributed by atoms with Crippen LogP contribution in [0.2, 0.25) is 4.34 Å². The lowest BCUT2D eigenvalue weighted by Crippen LogP contribution is -2.40. The minimum Gasteiger partial charge on any atom is -0.481 e. The third kappa shape index (κ3) is 6.76. The number of sulfonamides is 1. The standard InChI is InChI=1S/C10H14ClN3O5S2/c11-7-1-2-9(20-7)21(18,19)14-6-5-13-10(17)12-4-3-8(15)16/h1-2,14H,3-6H2,(H,15,16)(H2,12,13,17). The van der Waals surface area contributed by atoms with Gasteiger partial charge in [-0.15, -0.1) is 11.3 Å². The number of hydrogen-bond donors (Lipinski definition) is 4. The molecular formula is C10H14ClN3O5S2.